The largest absolute Gasteiger partial charge is 0.105 e. The molecule has 0 radical (unpaired) electrons. The Bertz CT molecular complexity index is 326. The third-order valence-corrected chi connectivity index (χ3v) is 6.92. The summed E-state index contributed by atoms with van der Waals surface area (Å²) in [5, 5.41) is 1.60. The first-order valence-corrected chi connectivity index (χ1v) is 8.26. The Kier molecular flexibility index (Phi) is 2.96. The topological polar surface area (TPSA) is 0 Å². The van der Waals surface area contributed by atoms with Crippen LogP contribution in [-0.2, 0) is 6.42 Å². The van der Waals surface area contributed by atoms with Crippen LogP contribution in [0.5, 0.6) is 0 Å². The summed E-state index contributed by atoms with van der Waals surface area (Å²) in [6, 6.07) is 10.7. The van der Waals surface area contributed by atoms with Gasteiger partial charge in [-0.05, 0) is 32.1 Å². The van der Waals surface area contributed by atoms with Gasteiger partial charge in [-0.3, -0.25) is 0 Å². The van der Waals surface area contributed by atoms with Crippen molar-refractivity contribution < 1.29 is 0 Å². The summed E-state index contributed by atoms with van der Waals surface area (Å²) in [5.41, 5.74) is 1.44. The van der Waals surface area contributed by atoms with Gasteiger partial charge in [-0.2, -0.15) is 0 Å². The predicted molar refractivity (Wildman–Crippen MR) is 60.2 cm³/mol. The molecule has 0 N–H and O–H groups in total. The molecule has 0 fully saturated rings. The number of hydrogen-bond donors (Lipinski definition) is 0. The maximum atomic E-state index is 2.40. The van der Waals surface area contributed by atoms with Crippen molar-refractivity contribution in [1.82, 2.24) is 0 Å². The molecule has 0 spiro atoms. The zero-order valence-corrected chi connectivity index (χ0v) is 9.35. The lowest BCUT2D eigenvalue weighted by atomic mass is 10.1. The van der Waals surface area contributed by atoms with E-state index >= 15 is 0 Å². The van der Waals surface area contributed by atoms with Crippen LogP contribution < -0.4 is 0 Å². The molecular weight excluding hydrogens is 201 g/mol. The number of rotatable bonds is 2. The molecule has 0 saturated heterocycles. The normalized spacial score (nSPS) is 12.0. The van der Waals surface area contributed by atoms with Crippen LogP contribution in [0.25, 0.3) is 0 Å². The van der Waals surface area contributed by atoms with Crippen molar-refractivity contribution in [3.05, 3.63) is 47.0 Å². The molecule has 0 bridgehead atoms. The molecule has 0 aliphatic carbocycles. The molecule has 0 saturated carbocycles. The first-order valence-electron chi connectivity index (χ1n) is 3.84. The summed E-state index contributed by atoms with van der Waals surface area (Å²) in [4.78, 5) is 0. The van der Waals surface area contributed by atoms with Gasteiger partial charge in [-0.1, -0.05) is 30.3 Å². The van der Waals surface area contributed by atoms with E-state index in [0.717, 1.165) is 14.3 Å². The van der Waals surface area contributed by atoms with E-state index in [2.05, 4.69) is 36.1 Å². The van der Waals surface area contributed by atoms with Gasteiger partial charge in [0.1, 0.15) is 0 Å². The second kappa shape index (κ2) is 4.20. The van der Waals surface area contributed by atoms with Crippen LogP contribution in [0.3, 0.4) is 0 Å². The SMILES string of the molecule is c1ccc(Cc2c[pH]pp2)cc1. The molecule has 1 aromatic carbocycles. The van der Waals surface area contributed by atoms with Gasteiger partial charge in [0.25, 0.3) is 0 Å². The molecule has 1 heterocycles. The van der Waals surface area contributed by atoms with Gasteiger partial charge < -0.3 is 0 Å². The molecule has 3 heteroatoms. The van der Waals surface area contributed by atoms with Crippen molar-refractivity contribution in [3.63, 3.8) is 0 Å². The maximum absolute atomic E-state index is 2.40. The van der Waals surface area contributed by atoms with Crippen molar-refractivity contribution in [2.24, 2.45) is 0 Å². The minimum Gasteiger partial charge on any atom is -0.105 e. The smallest absolute Gasteiger partial charge is 0.00246 e. The molecule has 2 rings (SSSR count). The van der Waals surface area contributed by atoms with E-state index in [9.17, 15) is 0 Å². The highest BCUT2D eigenvalue weighted by Gasteiger charge is 1.94. The van der Waals surface area contributed by atoms with Crippen LogP contribution in [0.2, 0.25) is 0 Å². The van der Waals surface area contributed by atoms with Crippen LogP contribution in [-0.4, -0.2) is 0 Å². The fourth-order valence-electron chi connectivity index (χ4n) is 1.12. The summed E-state index contributed by atoms with van der Waals surface area (Å²) in [6.07, 6.45) is 1.16. The van der Waals surface area contributed by atoms with E-state index in [1.807, 2.05) is 0 Å². The van der Waals surface area contributed by atoms with Gasteiger partial charge in [0.2, 0.25) is 0 Å². The number of benzene rings is 1. The van der Waals surface area contributed by atoms with Crippen molar-refractivity contribution >= 4 is 23.3 Å². The van der Waals surface area contributed by atoms with E-state index < -0.39 is 0 Å². The zero-order chi connectivity index (χ0) is 8.23. The quantitative estimate of drug-likeness (QED) is 0.685. The Labute approximate surface area is 77.1 Å². The second-order valence-corrected chi connectivity index (χ2v) is 7.92. The number of hydrogen-bond acceptors (Lipinski definition) is 0. The van der Waals surface area contributed by atoms with Gasteiger partial charge in [0.15, 0.2) is 0 Å². The third kappa shape index (κ3) is 2.18. The van der Waals surface area contributed by atoms with Crippen molar-refractivity contribution in [2.45, 2.75) is 6.42 Å². The molecule has 1 atom stereocenters. The van der Waals surface area contributed by atoms with Crippen LogP contribution in [0.15, 0.2) is 36.1 Å². The van der Waals surface area contributed by atoms with E-state index in [-0.39, 0.29) is 0 Å². The fourth-order valence-corrected chi connectivity index (χ4v) is 6.72. The second-order valence-electron chi connectivity index (χ2n) is 2.63. The highest BCUT2D eigenvalue weighted by molar-refractivity contribution is 8.17. The van der Waals surface area contributed by atoms with Crippen molar-refractivity contribution in [1.29, 1.82) is 0 Å². The minimum atomic E-state index is 1.04. The average molecular weight is 210 g/mol. The van der Waals surface area contributed by atoms with Crippen molar-refractivity contribution in [3.8, 4) is 0 Å². The molecule has 60 valence electrons. The van der Waals surface area contributed by atoms with Crippen molar-refractivity contribution in [2.75, 3.05) is 0 Å². The van der Waals surface area contributed by atoms with E-state index in [1.54, 1.807) is 12.8 Å². The van der Waals surface area contributed by atoms with Crippen LogP contribution in [0, 0.1) is 0 Å². The lowest BCUT2D eigenvalue weighted by Gasteiger charge is -1.96. The highest BCUT2D eigenvalue weighted by Crippen LogP contribution is 2.37. The Balaban J connectivity index is 2.15. The third-order valence-electron chi connectivity index (χ3n) is 1.70. The molecule has 0 aliphatic rings. The first-order chi connectivity index (χ1) is 5.95. The Morgan fingerprint density at radius 3 is 2.67 bits per heavy atom. The van der Waals surface area contributed by atoms with Crippen LogP contribution in [0.1, 0.15) is 10.9 Å². The molecule has 0 amide bonds. The summed E-state index contributed by atoms with van der Waals surface area (Å²) >= 11 is 0. The van der Waals surface area contributed by atoms with Gasteiger partial charge >= 0.3 is 0 Å². The molecule has 2 aromatic rings. The standard InChI is InChI=1S/C9H9P3/c1-2-4-8(5-3-1)6-9-7-10-12-11-9/h1-5,7,10H,6H2. The lowest BCUT2D eigenvalue weighted by Crippen LogP contribution is -1.80. The van der Waals surface area contributed by atoms with Gasteiger partial charge in [0, 0.05) is 6.42 Å². The van der Waals surface area contributed by atoms with E-state index in [4.69, 9.17) is 0 Å². The maximum Gasteiger partial charge on any atom is 0.00246 e. The molecule has 0 aliphatic heterocycles. The van der Waals surface area contributed by atoms with Gasteiger partial charge in [0.05, 0.1) is 0 Å². The molecule has 12 heavy (non-hydrogen) atoms. The molecule has 1 aromatic heterocycles. The molecular formula is C9H9P3. The lowest BCUT2D eigenvalue weighted by molar-refractivity contribution is 1.25. The Hall–Kier alpha value is -0.140. The summed E-state index contributed by atoms with van der Waals surface area (Å²) in [5.74, 6) is 2.40. The summed E-state index contributed by atoms with van der Waals surface area (Å²) in [7, 11) is 4.14. The monoisotopic (exact) mass is 210 g/mol. The predicted octanol–water partition coefficient (Wildman–Crippen LogP) is 4.47. The van der Waals surface area contributed by atoms with E-state index in [1.165, 1.54) is 13.4 Å². The summed E-state index contributed by atoms with van der Waals surface area (Å²) in [6.45, 7) is 0. The Morgan fingerprint density at radius 1 is 1.17 bits per heavy atom. The van der Waals surface area contributed by atoms with Gasteiger partial charge in [-0.25, -0.2) is 0 Å². The van der Waals surface area contributed by atoms with Crippen LogP contribution in [0.4, 0.5) is 0 Å². The average Bonchev–Trinajstić information content (AvgIpc) is 2.59. The zero-order valence-electron chi connectivity index (χ0n) is 6.57. The highest BCUT2D eigenvalue weighted by atomic mass is 32.1. The van der Waals surface area contributed by atoms with Gasteiger partial charge in [-0.15, -0.1) is 7.87 Å². The summed E-state index contributed by atoms with van der Waals surface area (Å²) < 4.78 is 0. The Morgan fingerprint density at radius 2 is 2.00 bits per heavy atom. The molecule has 1 unspecified atom stereocenters. The van der Waals surface area contributed by atoms with E-state index in [0.29, 0.717) is 0 Å². The first kappa shape index (κ1) is 8.46. The molecule has 0 nitrogen and oxygen atoms in total. The minimum absolute atomic E-state index is 1.04. The van der Waals surface area contributed by atoms with Crippen LogP contribution >= 0.6 is 23.3 Å². The fraction of sp³-hybridized carbons (Fsp3) is 0.111.